The summed E-state index contributed by atoms with van der Waals surface area (Å²) < 4.78 is 5.89. The first kappa shape index (κ1) is 13.4. The van der Waals surface area contributed by atoms with Crippen LogP contribution in [-0.4, -0.2) is 4.98 Å². The third kappa shape index (κ3) is 2.82. The van der Waals surface area contributed by atoms with Crippen LogP contribution in [0.5, 0.6) is 5.75 Å². The lowest BCUT2D eigenvalue weighted by Gasteiger charge is -2.12. The van der Waals surface area contributed by atoms with Gasteiger partial charge in [-0.05, 0) is 43.7 Å². The molecule has 0 bridgehead atoms. The van der Waals surface area contributed by atoms with Crippen molar-refractivity contribution in [3.63, 3.8) is 0 Å². The fraction of sp³-hybridized carbons (Fsp3) is 0.167. The second kappa shape index (κ2) is 5.44. The van der Waals surface area contributed by atoms with Crippen molar-refractivity contribution in [3.8, 4) is 5.75 Å². The Morgan fingerprint density at radius 3 is 2.67 bits per heavy atom. The van der Waals surface area contributed by atoms with Gasteiger partial charge in [0.05, 0.1) is 11.2 Å². The lowest BCUT2D eigenvalue weighted by atomic mass is 10.1. The Kier molecular flexibility index (Phi) is 3.48. The molecule has 0 atom stereocenters. The van der Waals surface area contributed by atoms with Gasteiger partial charge in [-0.2, -0.15) is 0 Å². The molecule has 0 amide bonds. The number of fused-ring (bicyclic) bond motifs is 1. The van der Waals surface area contributed by atoms with Crippen LogP contribution >= 0.6 is 0 Å². The predicted molar refractivity (Wildman–Crippen MR) is 86.4 cm³/mol. The molecule has 0 unspecified atom stereocenters. The Morgan fingerprint density at radius 2 is 1.86 bits per heavy atom. The van der Waals surface area contributed by atoms with Crippen LogP contribution in [0.2, 0.25) is 0 Å². The van der Waals surface area contributed by atoms with E-state index >= 15 is 0 Å². The standard InChI is InChI=1S/C18H18N2O/c1-12-7-8-18(16(19)9-12)21-11-14-10-13(2)20-17-6-4-3-5-15(14)17/h3-10H,11,19H2,1-2H3. The number of pyridine rings is 1. The van der Waals surface area contributed by atoms with Crippen LogP contribution in [0.4, 0.5) is 5.69 Å². The Bertz CT molecular complexity index is 796. The summed E-state index contributed by atoms with van der Waals surface area (Å²) in [5.74, 6) is 0.721. The van der Waals surface area contributed by atoms with Crippen LogP contribution < -0.4 is 10.5 Å². The molecule has 0 radical (unpaired) electrons. The Morgan fingerprint density at radius 1 is 1.05 bits per heavy atom. The summed E-state index contributed by atoms with van der Waals surface area (Å²) in [5, 5.41) is 1.12. The third-order valence-corrected chi connectivity index (χ3v) is 3.48. The molecule has 3 heteroatoms. The molecular formula is C18H18N2O. The summed E-state index contributed by atoms with van der Waals surface area (Å²) in [4.78, 5) is 4.54. The van der Waals surface area contributed by atoms with E-state index in [4.69, 9.17) is 10.5 Å². The maximum atomic E-state index is 5.99. The van der Waals surface area contributed by atoms with E-state index in [1.54, 1.807) is 0 Å². The maximum Gasteiger partial charge on any atom is 0.142 e. The first-order valence-corrected chi connectivity index (χ1v) is 6.97. The minimum atomic E-state index is 0.483. The van der Waals surface area contributed by atoms with Crippen LogP contribution in [-0.2, 0) is 6.61 Å². The van der Waals surface area contributed by atoms with Crippen molar-refractivity contribution in [1.82, 2.24) is 4.98 Å². The second-order valence-corrected chi connectivity index (χ2v) is 5.27. The first-order chi connectivity index (χ1) is 10.1. The zero-order valence-corrected chi connectivity index (χ0v) is 12.3. The van der Waals surface area contributed by atoms with Gasteiger partial charge in [0.25, 0.3) is 0 Å². The molecule has 2 aromatic carbocycles. The zero-order chi connectivity index (χ0) is 14.8. The second-order valence-electron chi connectivity index (χ2n) is 5.27. The molecular weight excluding hydrogens is 260 g/mol. The number of rotatable bonds is 3. The Labute approximate surface area is 124 Å². The number of aromatic nitrogens is 1. The highest BCUT2D eigenvalue weighted by atomic mass is 16.5. The summed E-state index contributed by atoms with van der Waals surface area (Å²) >= 11 is 0. The van der Waals surface area contributed by atoms with E-state index in [0.717, 1.165) is 33.5 Å². The van der Waals surface area contributed by atoms with Gasteiger partial charge in [0.1, 0.15) is 12.4 Å². The van der Waals surface area contributed by atoms with Crippen LogP contribution in [0, 0.1) is 13.8 Å². The number of nitrogen functional groups attached to an aromatic ring is 1. The van der Waals surface area contributed by atoms with Crippen molar-refractivity contribution < 1.29 is 4.74 Å². The van der Waals surface area contributed by atoms with Crippen LogP contribution in [0.1, 0.15) is 16.8 Å². The Hall–Kier alpha value is -2.55. The van der Waals surface area contributed by atoms with Gasteiger partial charge >= 0.3 is 0 Å². The van der Waals surface area contributed by atoms with Gasteiger partial charge in [-0.1, -0.05) is 24.3 Å². The average molecular weight is 278 g/mol. The van der Waals surface area contributed by atoms with E-state index in [9.17, 15) is 0 Å². The topological polar surface area (TPSA) is 48.1 Å². The number of para-hydroxylation sites is 1. The minimum Gasteiger partial charge on any atom is -0.487 e. The third-order valence-electron chi connectivity index (χ3n) is 3.48. The molecule has 0 fully saturated rings. The molecule has 21 heavy (non-hydrogen) atoms. The van der Waals surface area contributed by atoms with Crippen LogP contribution in [0.3, 0.4) is 0 Å². The molecule has 0 saturated heterocycles. The number of benzene rings is 2. The highest BCUT2D eigenvalue weighted by Crippen LogP contribution is 2.25. The Balaban J connectivity index is 1.91. The van der Waals surface area contributed by atoms with Crippen molar-refractivity contribution in [3.05, 3.63) is 65.4 Å². The molecule has 1 heterocycles. The number of aryl methyl sites for hydroxylation is 2. The van der Waals surface area contributed by atoms with Gasteiger partial charge in [-0.25, -0.2) is 0 Å². The SMILES string of the molecule is Cc1ccc(OCc2cc(C)nc3ccccc23)c(N)c1. The summed E-state index contributed by atoms with van der Waals surface area (Å²) in [7, 11) is 0. The van der Waals surface area contributed by atoms with Crippen molar-refractivity contribution in [1.29, 1.82) is 0 Å². The average Bonchev–Trinajstić information content (AvgIpc) is 2.46. The molecule has 3 nitrogen and oxygen atoms in total. The predicted octanol–water partition coefficient (Wildman–Crippen LogP) is 4.01. The summed E-state index contributed by atoms with van der Waals surface area (Å²) in [6, 6.07) is 16.0. The van der Waals surface area contributed by atoms with Crippen molar-refractivity contribution in [2.45, 2.75) is 20.5 Å². The minimum absolute atomic E-state index is 0.483. The lowest BCUT2D eigenvalue weighted by Crippen LogP contribution is -2.01. The molecule has 3 aromatic rings. The van der Waals surface area contributed by atoms with Gasteiger partial charge < -0.3 is 10.5 Å². The van der Waals surface area contributed by atoms with Gasteiger partial charge in [-0.3, -0.25) is 4.98 Å². The number of nitrogens with two attached hydrogens (primary N) is 1. The molecule has 3 rings (SSSR count). The van der Waals surface area contributed by atoms with E-state index in [1.807, 2.05) is 50.2 Å². The van der Waals surface area contributed by atoms with Crippen molar-refractivity contribution in [2.75, 3.05) is 5.73 Å². The molecule has 0 spiro atoms. The lowest BCUT2D eigenvalue weighted by molar-refractivity contribution is 0.309. The molecule has 106 valence electrons. The fourth-order valence-corrected chi connectivity index (χ4v) is 2.47. The van der Waals surface area contributed by atoms with E-state index in [1.165, 1.54) is 0 Å². The van der Waals surface area contributed by atoms with Crippen molar-refractivity contribution in [2.24, 2.45) is 0 Å². The highest BCUT2D eigenvalue weighted by molar-refractivity contribution is 5.82. The molecule has 0 saturated carbocycles. The summed E-state index contributed by atoms with van der Waals surface area (Å²) in [6.07, 6.45) is 0. The monoisotopic (exact) mass is 278 g/mol. The van der Waals surface area contributed by atoms with Gasteiger partial charge in [-0.15, -0.1) is 0 Å². The molecule has 1 aromatic heterocycles. The highest BCUT2D eigenvalue weighted by Gasteiger charge is 2.06. The van der Waals surface area contributed by atoms with E-state index < -0.39 is 0 Å². The van der Waals surface area contributed by atoms with Gasteiger partial charge in [0.15, 0.2) is 0 Å². The fourth-order valence-electron chi connectivity index (χ4n) is 2.47. The van der Waals surface area contributed by atoms with Crippen molar-refractivity contribution >= 4 is 16.6 Å². The number of anilines is 1. The number of hydrogen-bond donors (Lipinski definition) is 1. The molecule has 0 aliphatic rings. The molecule has 0 aliphatic heterocycles. The van der Waals surface area contributed by atoms with E-state index in [2.05, 4.69) is 17.1 Å². The van der Waals surface area contributed by atoms with Gasteiger partial charge in [0, 0.05) is 16.6 Å². The largest absolute Gasteiger partial charge is 0.487 e. The summed E-state index contributed by atoms with van der Waals surface area (Å²) in [6.45, 7) is 4.49. The zero-order valence-electron chi connectivity index (χ0n) is 12.3. The van der Waals surface area contributed by atoms with Crippen LogP contribution in [0.15, 0.2) is 48.5 Å². The molecule has 2 N–H and O–H groups in total. The number of hydrogen-bond acceptors (Lipinski definition) is 3. The van der Waals surface area contributed by atoms with Gasteiger partial charge in [0.2, 0.25) is 0 Å². The van der Waals surface area contributed by atoms with E-state index in [-0.39, 0.29) is 0 Å². The quantitative estimate of drug-likeness (QED) is 0.736. The normalized spacial score (nSPS) is 10.8. The number of nitrogens with zero attached hydrogens (tertiary/aromatic N) is 1. The maximum absolute atomic E-state index is 5.99. The summed E-state index contributed by atoms with van der Waals surface area (Å²) in [5.41, 5.74) is 10.9. The first-order valence-electron chi connectivity index (χ1n) is 6.97. The smallest absolute Gasteiger partial charge is 0.142 e. The molecule has 0 aliphatic carbocycles. The van der Waals surface area contributed by atoms with E-state index in [0.29, 0.717) is 12.3 Å². The van der Waals surface area contributed by atoms with Crippen LogP contribution in [0.25, 0.3) is 10.9 Å². The number of ether oxygens (including phenoxy) is 1.